The third kappa shape index (κ3) is 3.29. The summed E-state index contributed by atoms with van der Waals surface area (Å²) in [5.74, 6) is 0.708. The van der Waals surface area contributed by atoms with Gasteiger partial charge in [-0.1, -0.05) is 13.0 Å². The van der Waals surface area contributed by atoms with E-state index in [4.69, 9.17) is 10.5 Å². The maximum atomic E-state index is 13.9. The molecule has 3 nitrogen and oxygen atoms in total. The third-order valence-electron chi connectivity index (χ3n) is 2.94. The van der Waals surface area contributed by atoms with Gasteiger partial charge in [0.15, 0.2) is 11.6 Å². The van der Waals surface area contributed by atoms with E-state index in [1.54, 1.807) is 30.8 Å². The molecular formula is C16H15FN2OS. The zero-order valence-electron chi connectivity index (χ0n) is 11.8. The second-order valence-electron chi connectivity index (χ2n) is 4.42. The highest BCUT2D eigenvalue weighted by molar-refractivity contribution is 7.99. The third-order valence-corrected chi connectivity index (χ3v) is 3.88. The number of ether oxygens (including phenoxy) is 1. The van der Waals surface area contributed by atoms with Crippen LogP contribution in [-0.2, 0) is 0 Å². The molecule has 5 heteroatoms. The largest absolute Gasteiger partial charge is 0.453 e. The van der Waals surface area contributed by atoms with Crippen LogP contribution < -0.4 is 10.5 Å². The van der Waals surface area contributed by atoms with Crippen LogP contribution in [0.1, 0.15) is 18.1 Å². The minimum absolute atomic E-state index is 0.0665. The lowest BCUT2D eigenvalue weighted by Crippen LogP contribution is -1.96. The Hall–Kier alpha value is -2.19. The van der Waals surface area contributed by atoms with Crippen LogP contribution >= 0.6 is 11.8 Å². The maximum absolute atomic E-state index is 13.9. The summed E-state index contributed by atoms with van der Waals surface area (Å²) >= 11 is 1.54. The number of hydrogen-bond acceptors (Lipinski definition) is 4. The molecule has 21 heavy (non-hydrogen) atoms. The number of thioether (sulfide) groups is 1. The van der Waals surface area contributed by atoms with Crippen LogP contribution in [0.2, 0.25) is 0 Å². The molecule has 108 valence electrons. The Labute approximate surface area is 127 Å². The minimum atomic E-state index is -0.546. The number of nitrogen functional groups attached to an aromatic ring is 1. The normalized spacial score (nSPS) is 10.2. The average Bonchev–Trinajstić information content (AvgIpc) is 2.45. The smallest absolute Gasteiger partial charge is 0.167 e. The number of rotatable bonds is 4. The van der Waals surface area contributed by atoms with E-state index in [9.17, 15) is 9.65 Å². The van der Waals surface area contributed by atoms with Crippen molar-refractivity contribution in [1.29, 1.82) is 5.26 Å². The molecule has 2 aromatic carbocycles. The van der Waals surface area contributed by atoms with Gasteiger partial charge in [-0.3, -0.25) is 0 Å². The van der Waals surface area contributed by atoms with E-state index < -0.39 is 5.82 Å². The van der Waals surface area contributed by atoms with E-state index >= 15 is 0 Å². The van der Waals surface area contributed by atoms with Crippen molar-refractivity contribution in [3.63, 3.8) is 0 Å². The number of nitriles is 1. The van der Waals surface area contributed by atoms with E-state index in [1.165, 1.54) is 12.1 Å². The van der Waals surface area contributed by atoms with Gasteiger partial charge in [-0.2, -0.15) is 5.26 Å². The second kappa shape index (κ2) is 6.51. The number of aryl methyl sites for hydroxylation is 1. The number of benzene rings is 2. The molecule has 0 unspecified atom stereocenters. The molecular weight excluding hydrogens is 287 g/mol. The standard InChI is InChI=1S/C16H15FN2OS/c1-3-21-16-6-4-5-14(11(16)9-18)20-15-7-10(2)13(19)8-12(15)17/h4-8H,3,19H2,1-2H3. The Morgan fingerprint density at radius 1 is 1.33 bits per heavy atom. The van der Waals surface area contributed by atoms with E-state index in [0.29, 0.717) is 17.0 Å². The van der Waals surface area contributed by atoms with E-state index in [1.807, 2.05) is 13.0 Å². The molecule has 0 saturated heterocycles. The maximum Gasteiger partial charge on any atom is 0.167 e. The molecule has 0 amide bonds. The molecule has 0 aliphatic carbocycles. The molecule has 0 heterocycles. The van der Waals surface area contributed by atoms with Crippen molar-refractivity contribution in [2.24, 2.45) is 0 Å². The van der Waals surface area contributed by atoms with Crippen LogP contribution in [-0.4, -0.2) is 5.75 Å². The summed E-state index contributed by atoms with van der Waals surface area (Å²) < 4.78 is 19.5. The monoisotopic (exact) mass is 302 g/mol. The first-order valence-electron chi connectivity index (χ1n) is 6.46. The van der Waals surface area contributed by atoms with Crippen molar-refractivity contribution in [1.82, 2.24) is 0 Å². The lowest BCUT2D eigenvalue weighted by Gasteiger charge is -2.12. The summed E-state index contributed by atoms with van der Waals surface area (Å²) in [6, 6.07) is 10.2. The quantitative estimate of drug-likeness (QED) is 0.667. The van der Waals surface area contributed by atoms with Gasteiger partial charge in [0, 0.05) is 16.6 Å². The predicted molar refractivity (Wildman–Crippen MR) is 83.2 cm³/mol. The molecule has 2 N–H and O–H groups in total. The van der Waals surface area contributed by atoms with Crippen molar-refractivity contribution in [3.05, 3.63) is 47.3 Å². The van der Waals surface area contributed by atoms with Crippen LogP contribution in [0.25, 0.3) is 0 Å². The van der Waals surface area contributed by atoms with E-state index in [0.717, 1.165) is 16.2 Å². The Kier molecular flexibility index (Phi) is 4.71. The van der Waals surface area contributed by atoms with Crippen molar-refractivity contribution >= 4 is 17.4 Å². The molecule has 0 radical (unpaired) electrons. The lowest BCUT2D eigenvalue weighted by molar-refractivity contribution is 0.440. The second-order valence-corrected chi connectivity index (χ2v) is 5.72. The predicted octanol–water partition coefficient (Wildman–Crippen LogP) is 4.49. The number of nitrogens with two attached hydrogens (primary N) is 1. The van der Waals surface area contributed by atoms with Gasteiger partial charge in [0.2, 0.25) is 0 Å². The van der Waals surface area contributed by atoms with Crippen molar-refractivity contribution < 1.29 is 9.13 Å². The fraction of sp³-hybridized carbons (Fsp3) is 0.188. The van der Waals surface area contributed by atoms with Crippen LogP contribution in [0, 0.1) is 24.1 Å². The summed E-state index contributed by atoms with van der Waals surface area (Å²) in [4.78, 5) is 0.824. The number of nitrogens with zero attached hydrogens (tertiary/aromatic N) is 1. The van der Waals surface area contributed by atoms with Crippen LogP contribution in [0.3, 0.4) is 0 Å². The Morgan fingerprint density at radius 2 is 2.10 bits per heavy atom. The summed E-state index contributed by atoms with van der Waals surface area (Å²) in [6.45, 7) is 3.78. The van der Waals surface area contributed by atoms with Gasteiger partial charge >= 0.3 is 0 Å². The van der Waals surface area contributed by atoms with Crippen LogP contribution in [0.5, 0.6) is 11.5 Å². The molecule has 0 spiro atoms. The SMILES string of the molecule is CCSc1cccc(Oc2cc(C)c(N)cc2F)c1C#N. The fourth-order valence-corrected chi connectivity index (χ4v) is 2.63. The zero-order chi connectivity index (χ0) is 15.4. The fourth-order valence-electron chi connectivity index (χ4n) is 1.85. The van der Waals surface area contributed by atoms with Crippen LogP contribution in [0.15, 0.2) is 35.2 Å². The van der Waals surface area contributed by atoms with E-state index in [-0.39, 0.29) is 5.75 Å². The van der Waals surface area contributed by atoms with Crippen molar-refractivity contribution in [3.8, 4) is 17.6 Å². The first-order chi connectivity index (χ1) is 10.1. The lowest BCUT2D eigenvalue weighted by atomic mass is 10.2. The minimum Gasteiger partial charge on any atom is -0.453 e. The molecule has 2 aromatic rings. The van der Waals surface area contributed by atoms with Gasteiger partial charge in [0.25, 0.3) is 0 Å². The first-order valence-corrected chi connectivity index (χ1v) is 7.44. The van der Waals surface area contributed by atoms with Crippen LogP contribution in [0.4, 0.5) is 10.1 Å². The molecule has 0 fully saturated rings. The Balaban J connectivity index is 2.43. The molecule has 0 atom stereocenters. The van der Waals surface area contributed by atoms with Gasteiger partial charge in [0.05, 0.1) is 0 Å². The van der Waals surface area contributed by atoms with Gasteiger partial charge < -0.3 is 10.5 Å². The van der Waals surface area contributed by atoms with Gasteiger partial charge in [0.1, 0.15) is 17.4 Å². The van der Waals surface area contributed by atoms with Gasteiger partial charge in [-0.25, -0.2) is 4.39 Å². The summed E-state index contributed by atoms with van der Waals surface area (Å²) in [5, 5.41) is 9.31. The molecule has 0 saturated carbocycles. The Bertz CT molecular complexity index is 710. The number of anilines is 1. The molecule has 0 aliphatic rings. The average molecular weight is 302 g/mol. The zero-order valence-corrected chi connectivity index (χ0v) is 12.6. The van der Waals surface area contributed by atoms with Gasteiger partial charge in [-0.05, 0) is 36.4 Å². The summed E-state index contributed by atoms with van der Waals surface area (Å²) in [7, 11) is 0. The number of hydrogen-bond donors (Lipinski definition) is 1. The molecule has 0 aromatic heterocycles. The molecule has 0 bridgehead atoms. The number of halogens is 1. The topological polar surface area (TPSA) is 59.0 Å². The first kappa shape index (κ1) is 15.2. The summed E-state index contributed by atoms with van der Waals surface area (Å²) in [5.41, 5.74) is 7.16. The van der Waals surface area contributed by atoms with Gasteiger partial charge in [-0.15, -0.1) is 11.8 Å². The molecule has 0 aliphatic heterocycles. The Morgan fingerprint density at radius 3 is 2.76 bits per heavy atom. The highest BCUT2D eigenvalue weighted by Gasteiger charge is 2.13. The summed E-state index contributed by atoms with van der Waals surface area (Å²) in [6.07, 6.45) is 0. The van der Waals surface area contributed by atoms with Crippen molar-refractivity contribution in [2.75, 3.05) is 11.5 Å². The van der Waals surface area contributed by atoms with Crippen molar-refractivity contribution in [2.45, 2.75) is 18.7 Å². The molecule has 2 rings (SSSR count). The highest BCUT2D eigenvalue weighted by atomic mass is 32.2. The highest BCUT2D eigenvalue weighted by Crippen LogP contribution is 2.34. The van der Waals surface area contributed by atoms with E-state index in [2.05, 4.69) is 6.07 Å².